The number of fused-ring (bicyclic) bond motifs is 1. The Bertz CT molecular complexity index is 762. The number of hydrogen-bond donors (Lipinski definition) is 2. The highest BCUT2D eigenvalue weighted by Crippen LogP contribution is 2.28. The van der Waals surface area contributed by atoms with E-state index in [0.29, 0.717) is 30.2 Å². The molecule has 0 bridgehead atoms. The number of hydrogen-bond acceptors (Lipinski definition) is 4. The van der Waals surface area contributed by atoms with Crippen molar-refractivity contribution in [3.8, 4) is 11.5 Å². The molecule has 0 unspecified atom stereocenters. The third-order valence-electron chi connectivity index (χ3n) is 3.34. The predicted octanol–water partition coefficient (Wildman–Crippen LogP) is 2.43. The first kappa shape index (κ1) is 16.6. The lowest BCUT2D eigenvalue weighted by molar-refractivity contribution is -0.118. The largest absolute Gasteiger partial charge is 0.492 e. The molecule has 2 amide bonds. The van der Waals surface area contributed by atoms with Gasteiger partial charge in [0.05, 0.1) is 12.2 Å². The van der Waals surface area contributed by atoms with E-state index < -0.39 is 0 Å². The molecule has 0 spiro atoms. The summed E-state index contributed by atoms with van der Waals surface area (Å²) in [7, 11) is 0. The Morgan fingerprint density at radius 2 is 2.04 bits per heavy atom. The van der Waals surface area contributed by atoms with E-state index >= 15 is 0 Å². The van der Waals surface area contributed by atoms with Crippen molar-refractivity contribution in [1.82, 2.24) is 5.32 Å². The van der Waals surface area contributed by atoms with Crippen LogP contribution in [0.5, 0.6) is 11.5 Å². The molecule has 0 fully saturated rings. The molecule has 3 rings (SSSR count). The van der Waals surface area contributed by atoms with Crippen molar-refractivity contribution in [2.45, 2.75) is 0 Å². The number of nitrogens with one attached hydrogen (secondary N) is 2. The van der Waals surface area contributed by atoms with Gasteiger partial charge in [0, 0.05) is 9.13 Å². The summed E-state index contributed by atoms with van der Waals surface area (Å²) in [5, 5.41) is 5.46. The summed E-state index contributed by atoms with van der Waals surface area (Å²) in [6, 6.07) is 12.6. The van der Waals surface area contributed by atoms with Crippen LogP contribution >= 0.6 is 22.6 Å². The SMILES string of the molecule is O=C1COc2ccc(C(=O)NCCOc3ccc(I)cc3)cc2N1. The monoisotopic (exact) mass is 438 g/mol. The molecule has 6 nitrogen and oxygen atoms in total. The topological polar surface area (TPSA) is 76.7 Å². The fourth-order valence-corrected chi connectivity index (χ4v) is 2.55. The molecule has 0 aliphatic carbocycles. The van der Waals surface area contributed by atoms with E-state index in [9.17, 15) is 9.59 Å². The standard InChI is InChI=1S/C17H15IN2O4/c18-12-2-4-13(5-3-12)23-8-7-19-17(22)11-1-6-15-14(9-11)20-16(21)10-24-15/h1-6,9H,7-8,10H2,(H,19,22)(H,20,21). The van der Waals surface area contributed by atoms with Crippen LogP contribution in [0.15, 0.2) is 42.5 Å². The van der Waals surface area contributed by atoms with Gasteiger partial charge in [-0.25, -0.2) is 0 Å². The third kappa shape index (κ3) is 4.16. The maximum Gasteiger partial charge on any atom is 0.262 e. The highest BCUT2D eigenvalue weighted by molar-refractivity contribution is 14.1. The Balaban J connectivity index is 1.51. The minimum absolute atomic E-state index is 0.00554. The highest BCUT2D eigenvalue weighted by atomic mass is 127. The van der Waals surface area contributed by atoms with Crippen LogP contribution in [0.3, 0.4) is 0 Å². The lowest BCUT2D eigenvalue weighted by atomic mass is 10.1. The molecular formula is C17H15IN2O4. The normalized spacial score (nSPS) is 12.6. The molecule has 1 aliphatic heterocycles. The molecule has 7 heteroatoms. The Kier molecular flexibility index (Phi) is 5.19. The Hall–Kier alpha value is -2.29. The van der Waals surface area contributed by atoms with E-state index in [4.69, 9.17) is 9.47 Å². The van der Waals surface area contributed by atoms with Gasteiger partial charge in [0.2, 0.25) is 0 Å². The molecule has 0 radical (unpaired) electrons. The van der Waals surface area contributed by atoms with Crippen LogP contribution in [0.4, 0.5) is 5.69 Å². The minimum Gasteiger partial charge on any atom is -0.492 e. The molecule has 0 saturated heterocycles. The summed E-state index contributed by atoms with van der Waals surface area (Å²) in [5.74, 6) is 0.862. The zero-order valence-corrected chi connectivity index (χ0v) is 14.8. The number of carbonyl (C=O) groups is 2. The summed E-state index contributed by atoms with van der Waals surface area (Å²) in [6.07, 6.45) is 0. The number of rotatable bonds is 5. The minimum atomic E-state index is -0.233. The zero-order valence-electron chi connectivity index (χ0n) is 12.7. The average Bonchev–Trinajstić information content (AvgIpc) is 2.59. The third-order valence-corrected chi connectivity index (χ3v) is 4.06. The van der Waals surface area contributed by atoms with Gasteiger partial charge in [-0.1, -0.05) is 0 Å². The molecule has 1 aliphatic rings. The Labute approximate surface area is 152 Å². The lowest BCUT2D eigenvalue weighted by Crippen LogP contribution is -2.29. The van der Waals surface area contributed by atoms with Gasteiger partial charge in [0.15, 0.2) is 6.61 Å². The molecule has 0 atom stereocenters. The van der Waals surface area contributed by atoms with Gasteiger partial charge in [0.1, 0.15) is 18.1 Å². The highest BCUT2D eigenvalue weighted by Gasteiger charge is 2.17. The van der Waals surface area contributed by atoms with E-state index in [1.165, 1.54) is 0 Å². The second-order valence-corrected chi connectivity index (χ2v) is 6.35. The maximum absolute atomic E-state index is 12.1. The molecule has 124 valence electrons. The number of halogens is 1. The van der Waals surface area contributed by atoms with E-state index in [2.05, 4.69) is 33.2 Å². The van der Waals surface area contributed by atoms with Gasteiger partial charge in [-0.2, -0.15) is 0 Å². The fraction of sp³-hybridized carbons (Fsp3) is 0.176. The first-order chi connectivity index (χ1) is 11.6. The van der Waals surface area contributed by atoms with Crippen LogP contribution in [0.2, 0.25) is 0 Å². The summed E-state index contributed by atoms with van der Waals surface area (Å²) >= 11 is 2.23. The second kappa shape index (κ2) is 7.52. The van der Waals surface area contributed by atoms with Crippen LogP contribution in [-0.2, 0) is 4.79 Å². The molecule has 2 N–H and O–H groups in total. The Morgan fingerprint density at radius 3 is 2.83 bits per heavy atom. The molecule has 2 aromatic rings. The van der Waals surface area contributed by atoms with Gasteiger partial charge in [-0.3, -0.25) is 9.59 Å². The number of benzene rings is 2. The zero-order chi connectivity index (χ0) is 16.9. The van der Waals surface area contributed by atoms with Crippen molar-refractivity contribution in [3.63, 3.8) is 0 Å². The van der Waals surface area contributed by atoms with Gasteiger partial charge >= 0.3 is 0 Å². The second-order valence-electron chi connectivity index (χ2n) is 5.11. The molecule has 24 heavy (non-hydrogen) atoms. The van der Waals surface area contributed by atoms with Crippen molar-refractivity contribution in [2.75, 3.05) is 25.1 Å². The number of amides is 2. The predicted molar refractivity (Wildman–Crippen MR) is 97.6 cm³/mol. The van der Waals surface area contributed by atoms with Crippen molar-refractivity contribution in [1.29, 1.82) is 0 Å². The average molecular weight is 438 g/mol. The Morgan fingerprint density at radius 1 is 1.25 bits per heavy atom. The summed E-state index contributed by atoms with van der Waals surface area (Å²) in [4.78, 5) is 23.5. The maximum atomic E-state index is 12.1. The van der Waals surface area contributed by atoms with Crippen LogP contribution in [0.25, 0.3) is 0 Å². The van der Waals surface area contributed by atoms with E-state index in [1.807, 2.05) is 24.3 Å². The van der Waals surface area contributed by atoms with Crippen molar-refractivity contribution in [2.24, 2.45) is 0 Å². The summed E-state index contributed by atoms with van der Waals surface area (Å²) in [6.45, 7) is 0.746. The van der Waals surface area contributed by atoms with Gasteiger partial charge < -0.3 is 20.1 Å². The summed E-state index contributed by atoms with van der Waals surface area (Å²) < 4.78 is 12.0. The van der Waals surface area contributed by atoms with Crippen LogP contribution in [0.1, 0.15) is 10.4 Å². The van der Waals surface area contributed by atoms with Crippen LogP contribution in [-0.4, -0.2) is 31.6 Å². The first-order valence-corrected chi connectivity index (χ1v) is 8.43. The molecular weight excluding hydrogens is 423 g/mol. The number of carbonyl (C=O) groups excluding carboxylic acids is 2. The smallest absolute Gasteiger partial charge is 0.262 e. The van der Waals surface area contributed by atoms with Crippen molar-refractivity contribution < 1.29 is 19.1 Å². The van der Waals surface area contributed by atoms with Gasteiger partial charge in [0.25, 0.3) is 11.8 Å². The van der Waals surface area contributed by atoms with E-state index in [-0.39, 0.29) is 18.4 Å². The fourth-order valence-electron chi connectivity index (χ4n) is 2.19. The van der Waals surface area contributed by atoms with E-state index in [0.717, 1.165) is 9.32 Å². The van der Waals surface area contributed by atoms with Crippen molar-refractivity contribution in [3.05, 3.63) is 51.6 Å². The molecule has 2 aromatic carbocycles. The number of ether oxygens (including phenoxy) is 2. The quantitative estimate of drug-likeness (QED) is 0.556. The first-order valence-electron chi connectivity index (χ1n) is 7.35. The molecule has 0 saturated carbocycles. The van der Waals surface area contributed by atoms with Crippen LogP contribution < -0.4 is 20.1 Å². The molecule has 0 aromatic heterocycles. The van der Waals surface area contributed by atoms with Gasteiger partial charge in [-0.15, -0.1) is 0 Å². The summed E-state index contributed by atoms with van der Waals surface area (Å²) in [5.41, 5.74) is 0.961. The van der Waals surface area contributed by atoms with Gasteiger partial charge in [-0.05, 0) is 65.1 Å². The molecule has 1 heterocycles. The van der Waals surface area contributed by atoms with Crippen LogP contribution in [0, 0.1) is 3.57 Å². The van der Waals surface area contributed by atoms with E-state index in [1.54, 1.807) is 18.2 Å². The van der Waals surface area contributed by atoms with Crippen molar-refractivity contribution >= 4 is 40.1 Å². The lowest BCUT2D eigenvalue weighted by Gasteiger charge is -2.18. The number of anilines is 1.